The Kier molecular flexibility index (Phi) is 6.95. The molecule has 1 unspecified atom stereocenters. The maximum Gasteiger partial charge on any atom is 0.416 e. The van der Waals surface area contributed by atoms with Gasteiger partial charge >= 0.3 is 6.18 Å². The minimum absolute atomic E-state index is 0.0972. The van der Waals surface area contributed by atoms with Crippen LogP contribution >= 0.6 is 0 Å². The summed E-state index contributed by atoms with van der Waals surface area (Å²) in [6, 6.07) is 9.33. The maximum atomic E-state index is 13.8. The van der Waals surface area contributed by atoms with E-state index in [2.05, 4.69) is 20.6 Å². The van der Waals surface area contributed by atoms with Gasteiger partial charge in [-0.2, -0.15) is 13.2 Å². The van der Waals surface area contributed by atoms with E-state index in [-0.39, 0.29) is 23.8 Å². The number of alkyl halides is 3. The summed E-state index contributed by atoms with van der Waals surface area (Å²) in [4.78, 5) is 22.9. The summed E-state index contributed by atoms with van der Waals surface area (Å²) < 4.78 is 41.5. The number of piperazine rings is 1. The minimum atomic E-state index is -4.53. The van der Waals surface area contributed by atoms with Crippen molar-refractivity contribution in [1.29, 1.82) is 0 Å². The first-order valence-corrected chi connectivity index (χ1v) is 11.0. The summed E-state index contributed by atoms with van der Waals surface area (Å²) in [5.41, 5.74) is 2.35. The molecule has 4 rings (SSSR count). The Morgan fingerprint density at radius 1 is 1.18 bits per heavy atom. The Labute approximate surface area is 196 Å². The van der Waals surface area contributed by atoms with Crippen LogP contribution in [0.4, 0.5) is 18.9 Å². The molecule has 1 aromatic heterocycles. The molecule has 1 fully saturated rings. The number of aromatic nitrogens is 2. The van der Waals surface area contributed by atoms with Crippen molar-refractivity contribution < 1.29 is 18.0 Å². The Bertz CT molecular complexity index is 1170. The van der Waals surface area contributed by atoms with E-state index in [0.717, 1.165) is 29.3 Å². The first-order chi connectivity index (χ1) is 16.2. The zero-order valence-electron chi connectivity index (χ0n) is 19.0. The van der Waals surface area contributed by atoms with Crippen molar-refractivity contribution in [2.24, 2.45) is 0 Å². The first-order valence-electron chi connectivity index (χ1n) is 11.0. The first kappa shape index (κ1) is 23.8. The molecule has 34 heavy (non-hydrogen) atoms. The molecule has 0 radical (unpaired) electrons. The summed E-state index contributed by atoms with van der Waals surface area (Å²) in [6.07, 6.45) is 0.176. The second-order valence-electron chi connectivity index (χ2n) is 8.57. The SMILES string of the molecule is Cc1ccc(C(=O)Nc2ccc(CN3CCNC(C)C3)c(C(F)(F)F)c2)cc1-c1cncnc1. The number of hydrogen-bond acceptors (Lipinski definition) is 5. The lowest BCUT2D eigenvalue weighted by molar-refractivity contribution is -0.138. The molecule has 0 aliphatic carbocycles. The van der Waals surface area contributed by atoms with E-state index in [0.29, 0.717) is 18.7 Å². The number of hydrogen-bond donors (Lipinski definition) is 2. The van der Waals surface area contributed by atoms with E-state index >= 15 is 0 Å². The average molecular weight is 470 g/mol. The lowest BCUT2D eigenvalue weighted by Crippen LogP contribution is -2.48. The number of rotatable bonds is 5. The van der Waals surface area contributed by atoms with Crippen LogP contribution in [0.3, 0.4) is 0 Å². The smallest absolute Gasteiger partial charge is 0.322 e. The van der Waals surface area contributed by atoms with Gasteiger partial charge < -0.3 is 10.6 Å². The van der Waals surface area contributed by atoms with Crippen LogP contribution in [0.25, 0.3) is 11.1 Å². The summed E-state index contributed by atoms with van der Waals surface area (Å²) in [6.45, 7) is 6.22. The number of halogens is 3. The van der Waals surface area contributed by atoms with Crippen LogP contribution in [0.1, 0.15) is 34.0 Å². The highest BCUT2D eigenvalue weighted by molar-refractivity contribution is 6.05. The molecule has 0 spiro atoms. The van der Waals surface area contributed by atoms with Crippen molar-refractivity contribution in [3.63, 3.8) is 0 Å². The van der Waals surface area contributed by atoms with E-state index < -0.39 is 17.6 Å². The Hall–Kier alpha value is -3.30. The van der Waals surface area contributed by atoms with E-state index in [1.165, 1.54) is 18.5 Å². The van der Waals surface area contributed by atoms with Crippen LogP contribution in [0.2, 0.25) is 0 Å². The number of aryl methyl sites for hydroxylation is 1. The standard InChI is InChI=1S/C25H26F3N5O/c1-16-3-4-18(9-22(16)20-11-29-15-30-12-20)24(34)32-21-6-5-19(23(10-21)25(26,27)28)14-33-8-7-31-17(2)13-33/h3-6,9-12,15,17,31H,7-8,13-14H2,1-2H3,(H,32,34). The Balaban J connectivity index is 1.56. The van der Waals surface area contributed by atoms with Gasteiger partial charge in [0.15, 0.2) is 0 Å². The molecule has 2 N–H and O–H groups in total. The van der Waals surface area contributed by atoms with Gasteiger partial charge in [-0.05, 0) is 54.8 Å². The third-order valence-electron chi connectivity index (χ3n) is 5.89. The van der Waals surface area contributed by atoms with Gasteiger partial charge in [0.2, 0.25) is 0 Å². The average Bonchev–Trinajstić information content (AvgIpc) is 2.80. The number of carbonyl (C=O) groups is 1. The van der Waals surface area contributed by atoms with Crippen LogP contribution < -0.4 is 10.6 Å². The van der Waals surface area contributed by atoms with Crippen molar-refractivity contribution >= 4 is 11.6 Å². The highest BCUT2D eigenvalue weighted by Crippen LogP contribution is 2.35. The summed E-state index contributed by atoms with van der Waals surface area (Å²) in [7, 11) is 0. The number of nitrogens with one attached hydrogen (secondary N) is 2. The Morgan fingerprint density at radius 3 is 2.65 bits per heavy atom. The molecule has 0 bridgehead atoms. The molecule has 1 aliphatic rings. The maximum absolute atomic E-state index is 13.8. The van der Waals surface area contributed by atoms with Gasteiger partial charge in [0, 0.05) is 61.4 Å². The topological polar surface area (TPSA) is 70.2 Å². The van der Waals surface area contributed by atoms with Gasteiger partial charge in [-0.3, -0.25) is 9.69 Å². The fourth-order valence-corrected chi connectivity index (χ4v) is 4.17. The molecular weight excluding hydrogens is 443 g/mol. The number of anilines is 1. The number of nitrogens with zero attached hydrogens (tertiary/aromatic N) is 3. The van der Waals surface area contributed by atoms with Crippen LogP contribution in [0.5, 0.6) is 0 Å². The molecule has 178 valence electrons. The zero-order valence-corrected chi connectivity index (χ0v) is 19.0. The third-order valence-corrected chi connectivity index (χ3v) is 5.89. The minimum Gasteiger partial charge on any atom is -0.322 e. The fourth-order valence-electron chi connectivity index (χ4n) is 4.17. The quantitative estimate of drug-likeness (QED) is 0.575. The molecule has 1 saturated heterocycles. The lowest BCUT2D eigenvalue weighted by Gasteiger charge is -2.32. The number of benzene rings is 2. The largest absolute Gasteiger partial charge is 0.416 e. The Morgan fingerprint density at radius 2 is 1.94 bits per heavy atom. The molecular formula is C25H26F3N5O. The monoisotopic (exact) mass is 469 g/mol. The van der Waals surface area contributed by atoms with Gasteiger partial charge in [-0.25, -0.2) is 9.97 Å². The van der Waals surface area contributed by atoms with Gasteiger partial charge in [-0.15, -0.1) is 0 Å². The summed E-state index contributed by atoms with van der Waals surface area (Å²) in [5, 5.41) is 5.90. The second kappa shape index (κ2) is 9.90. The molecule has 2 heterocycles. The van der Waals surface area contributed by atoms with Gasteiger partial charge in [0.05, 0.1) is 5.56 Å². The zero-order chi connectivity index (χ0) is 24.3. The second-order valence-corrected chi connectivity index (χ2v) is 8.57. The molecule has 3 aromatic rings. The van der Waals surface area contributed by atoms with E-state index in [1.807, 2.05) is 18.7 Å². The van der Waals surface area contributed by atoms with Crippen LogP contribution in [0.15, 0.2) is 55.1 Å². The van der Waals surface area contributed by atoms with Gasteiger partial charge in [0.25, 0.3) is 5.91 Å². The molecule has 1 atom stereocenters. The predicted molar refractivity (Wildman–Crippen MR) is 124 cm³/mol. The van der Waals surface area contributed by atoms with Gasteiger partial charge in [0.1, 0.15) is 6.33 Å². The van der Waals surface area contributed by atoms with Crippen LogP contribution in [-0.4, -0.2) is 46.5 Å². The van der Waals surface area contributed by atoms with Crippen molar-refractivity contribution in [3.05, 3.63) is 77.4 Å². The van der Waals surface area contributed by atoms with Crippen molar-refractivity contribution in [2.75, 3.05) is 25.0 Å². The van der Waals surface area contributed by atoms with Gasteiger partial charge in [-0.1, -0.05) is 12.1 Å². The van der Waals surface area contributed by atoms with Crippen LogP contribution in [0, 0.1) is 6.92 Å². The molecule has 0 saturated carbocycles. The fraction of sp³-hybridized carbons (Fsp3) is 0.320. The highest BCUT2D eigenvalue weighted by Gasteiger charge is 2.34. The molecule has 1 aliphatic heterocycles. The van der Waals surface area contributed by atoms with E-state index in [4.69, 9.17) is 0 Å². The third kappa shape index (κ3) is 5.60. The normalized spacial score (nSPS) is 16.9. The van der Waals surface area contributed by atoms with E-state index in [1.54, 1.807) is 30.6 Å². The summed E-state index contributed by atoms with van der Waals surface area (Å²) in [5.74, 6) is -0.491. The molecule has 6 nitrogen and oxygen atoms in total. The molecule has 2 aromatic carbocycles. The van der Waals surface area contributed by atoms with E-state index in [9.17, 15) is 18.0 Å². The number of carbonyl (C=O) groups excluding carboxylic acids is 1. The summed E-state index contributed by atoms with van der Waals surface area (Å²) >= 11 is 0. The predicted octanol–water partition coefficient (Wildman–Crippen LogP) is 4.52. The van der Waals surface area contributed by atoms with Crippen molar-refractivity contribution in [1.82, 2.24) is 20.2 Å². The highest BCUT2D eigenvalue weighted by atomic mass is 19.4. The molecule has 9 heteroatoms. The lowest BCUT2D eigenvalue weighted by atomic mass is 9.99. The van der Waals surface area contributed by atoms with Crippen LogP contribution in [-0.2, 0) is 12.7 Å². The number of amides is 1. The van der Waals surface area contributed by atoms with Crippen molar-refractivity contribution in [2.45, 2.75) is 32.6 Å². The van der Waals surface area contributed by atoms with Crippen molar-refractivity contribution in [3.8, 4) is 11.1 Å². The molecule has 1 amide bonds.